The molecule has 0 heterocycles. The summed E-state index contributed by atoms with van der Waals surface area (Å²) < 4.78 is 25.5. The van der Waals surface area contributed by atoms with Gasteiger partial charge in [0.25, 0.3) is 0 Å². The molecule has 3 atom stereocenters. The molecule has 0 fully saturated rings. The van der Waals surface area contributed by atoms with Crippen LogP contribution < -0.4 is 0 Å². The second kappa shape index (κ2) is 21.5. The van der Waals surface area contributed by atoms with Crippen LogP contribution in [0.15, 0.2) is 24.3 Å². The Morgan fingerprint density at radius 2 is 1.28 bits per heavy atom. The van der Waals surface area contributed by atoms with Gasteiger partial charge < -0.3 is 28.8 Å². The van der Waals surface area contributed by atoms with Crippen molar-refractivity contribution in [2.75, 3.05) is 45.0 Å². The third-order valence-electron chi connectivity index (χ3n) is 6.41. The molecule has 0 saturated carbocycles. The summed E-state index contributed by atoms with van der Waals surface area (Å²) in [6, 6.07) is 5.66. The van der Waals surface area contributed by atoms with Crippen LogP contribution in [-0.2, 0) is 42.9 Å². The van der Waals surface area contributed by atoms with Gasteiger partial charge in [0.1, 0.15) is 13.2 Å². The lowest BCUT2D eigenvalue weighted by Crippen LogP contribution is -2.29. The molecule has 14 heteroatoms. The summed E-state index contributed by atoms with van der Waals surface area (Å²) in [5.41, 5.74) is -0.903. The standard InChI is InChI=1S/C32H46O12S2/c1-21(29(37)43-15-16-44-30(38)25-12-8-7-11-24(25)28(35)36)19-45-22(2)17-26(33)41-13-9-10-14-42-27(34)18-23(3)46-20-32(4,5)31(39)40-6/h7-8,11-12,21-23H,9-10,13-20H2,1-6H3,(H,35,36). The van der Waals surface area contributed by atoms with E-state index >= 15 is 0 Å². The number of hydrogen-bond acceptors (Lipinski definition) is 13. The lowest BCUT2D eigenvalue weighted by molar-refractivity contribution is -0.149. The predicted octanol–water partition coefficient (Wildman–Crippen LogP) is 4.81. The zero-order valence-electron chi connectivity index (χ0n) is 27.4. The van der Waals surface area contributed by atoms with Crippen LogP contribution in [0.25, 0.3) is 0 Å². The van der Waals surface area contributed by atoms with Gasteiger partial charge in [-0.2, -0.15) is 23.5 Å². The van der Waals surface area contributed by atoms with Gasteiger partial charge in [-0.05, 0) is 38.8 Å². The van der Waals surface area contributed by atoms with E-state index in [1.807, 2.05) is 13.8 Å². The van der Waals surface area contributed by atoms with Crippen LogP contribution >= 0.6 is 23.5 Å². The van der Waals surface area contributed by atoms with Crippen LogP contribution in [0, 0.1) is 11.3 Å². The fourth-order valence-electron chi connectivity index (χ4n) is 3.69. The first-order chi connectivity index (χ1) is 21.7. The van der Waals surface area contributed by atoms with Crippen molar-refractivity contribution in [3.8, 4) is 0 Å². The van der Waals surface area contributed by atoms with Crippen LogP contribution in [0.1, 0.15) is 81.0 Å². The summed E-state index contributed by atoms with van der Waals surface area (Å²) >= 11 is 2.93. The van der Waals surface area contributed by atoms with Crippen LogP contribution in [0.4, 0.5) is 0 Å². The van der Waals surface area contributed by atoms with Crippen molar-refractivity contribution in [2.24, 2.45) is 11.3 Å². The smallest absolute Gasteiger partial charge is 0.339 e. The summed E-state index contributed by atoms with van der Waals surface area (Å²) in [7, 11) is 1.35. The average molecular weight is 687 g/mol. The second-order valence-electron chi connectivity index (χ2n) is 11.3. The molecule has 3 unspecified atom stereocenters. The van der Waals surface area contributed by atoms with E-state index in [1.54, 1.807) is 20.8 Å². The monoisotopic (exact) mass is 686 g/mol. The van der Waals surface area contributed by atoms with E-state index in [2.05, 4.69) is 0 Å². The van der Waals surface area contributed by atoms with Gasteiger partial charge in [-0.1, -0.05) is 32.9 Å². The van der Waals surface area contributed by atoms with Crippen LogP contribution in [0.3, 0.4) is 0 Å². The fourth-order valence-corrected chi connectivity index (χ4v) is 5.77. The lowest BCUT2D eigenvalue weighted by Gasteiger charge is -2.22. The number of ether oxygens (including phenoxy) is 5. The molecule has 1 aromatic carbocycles. The maximum atomic E-state index is 12.3. The minimum atomic E-state index is -1.25. The molecule has 0 aliphatic carbocycles. The summed E-state index contributed by atoms with van der Waals surface area (Å²) in [5, 5.41) is 9.06. The van der Waals surface area contributed by atoms with E-state index in [0.29, 0.717) is 24.3 Å². The molecule has 0 saturated heterocycles. The van der Waals surface area contributed by atoms with E-state index in [0.717, 1.165) is 0 Å². The Morgan fingerprint density at radius 1 is 0.761 bits per heavy atom. The summed E-state index contributed by atoms with van der Waals surface area (Å²) in [6.07, 6.45) is 1.48. The Labute approximate surface area is 278 Å². The molecule has 12 nitrogen and oxygen atoms in total. The van der Waals surface area contributed by atoms with Crippen molar-refractivity contribution in [3.63, 3.8) is 0 Å². The Hall–Kier alpha value is -3.26. The van der Waals surface area contributed by atoms with Crippen LogP contribution in [-0.4, -0.2) is 96.5 Å². The first-order valence-electron chi connectivity index (χ1n) is 15.0. The largest absolute Gasteiger partial charge is 0.478 e. The molecule has 0 spiro atoms. The molecule has 46 heavy (non-hydrogen) atoms. The third-order valence-corrected chi connectivity index (χ3v) is 9.46. The minimum Gasteiger partial charge on any atom is -0.478 e. The highest BCUT2D eigenvalue weighted by atomic mass is 32.2. The Kier molecular flexibility index (Phi) is 19.1. The van der Waals surface area contributed by atoms with Crippen molar-refractivity contribution in [1.29, 1.82) is 0 Å². The molecular formula is C32H46O12S2. The number of rotatable bonds is 22. The molecular weight excluding hydrogens is 640 g/mol. The number of carbonyl (C=O) groups is 6. The number of esters is 5. The number of methoxy groups -OCH3 is 1. The van der Waals surface area contributed by atoms with Crippen molar-refractivity contribution in [2.45, 2.75) is 70.8 Å². The molecule has 1 N–H and O–H groups in total. The van der Waals surface area contributed by atoms with Crippen molar-refractivity contribution in [1.82, 2.24) is 0 Å². The first kappa shape index (κ1) is 40.8. The molecule has 1 rings (SSSR count). The van der Waals surface area contributed by atoms with Gasteiger partial charge in [-0.25, -0.2) is 9.59 Å². The molecule has 0 aromatic heterocycles. The van der Waals surface area contributed by atoms with Gasteiger partial charge in [-0.15, -0.1) is 0 Å². The molecule has 0 amide bonds. The number of aromatic carboxylic acids is 1. The van der Waals surface area contributed by atoms with Gasteiger partial charge in [0, 0.05) is 22.0 Å². The van der Waals surface area contributed by atoms with Gasteiger partial charge in [0.15, 0.2) is 0 Å². The highest BCUT2D eigenvalue weighted by Crippen LogP contribution is 2.27. The zero-order valence-corrected chi connectivity index (χ0v) is 29.0. The van der Waals surface area contributed by atoms with Gasteiger partial charge >= 0.3 is 35.8 Å². The number of carboxylic acids is 1. The Balaban J connectivity index is 2.15. The number of benzene rings is 1. The van der Waals surface area contributed by atoms with E-state index in [4.69, 9.17) is 23.7 Å². The van der Waals surface area contributed by atoms with E-state index in [-0.39, 0.29) is 78.8 Å². The highest BCUT2D eigenvalue weighted by molar-refractivity contribution is 8.00. The number of carbonyl (C=O) groups excluding carboxylic acids is 5. The predicted molar refractivity (Wildman–Crippen MR) is 174 cm³/mol. The number of unbranched alkanes of at least 4 members (excludes halogenated alkanes) is 1. The average Bonchev–Trinajstić information content (AvgIpc) is 3.01. The van der Waals surface area contributed by atoms with Crippen molar-refractivity contribution >= 4 is 59.3 Å². The third kappa shape index (κ3) is 16.3. The lowest BCUT2D eigenvalue weighted by atomic mass is 9.97. The van der Waals surface area contributed by atoms with Crippen molar-refractivity contribution in [3.05, 3.63) is 35.4 Å². The number of hydrogen-bond donors (Lipinski definition) is 1. The summed E-state index contributed by atoms with van der Waals surface area (Å²) in [4.78, 5) is 71.7. The Bertz CT molecular complexity index is 1170. The van der Waals surface area contributed by atoms with Gasteiger partial charge in [-0.3, -0.25) is 19.2 Å². The maximum Gasteiger partial charge on any atom is 0.339 e. The fraction of sp³-hybridized carbons (Fsp3) is 0.625. The molecule has 1 aromatic rings. The normalized spacial score (nSPS) is 13.1. The minimum absolute atomic E-state index is 0.0141. The molecule has 0 bridgehead atoms. The summed E-state index contributed by atoms with van der Waals surface area (Å²) in [5.74, 6) is -3.07. The molecule has 0 radical (unpaired) electrons. The second-order valence-corrected chi connectivity index (χ2v) is 14.2. The summed E-state index contributed by atoms with van der Waals surface area (Å²) in [6.45, 7) is 9.07. The first-order valence-corrected chi connectivity index (χ1v) is 17.1. The Morgan fingerprint density at radius 3 is 1.83 bits per heavy atom. The van der Waals surface area contributed by atoms with Crippen LogP contribution in [0.2, 0.25) is 0 Å². The number of carboxylic acid groups (broad SMARTS) is 1. The van der Waals surface area contributed by atoms with Crippen molar-refractivity contribution < 1.29 is 57.6 Å². The maximum absolute atomic E-state index is 12.3. The van der Waals surface area contributed by atoms with Gasteiger partial charge in [0.2, 0.25) is 0 Å². The SMILES string of the molecule is COC(=O)C(C)(C)CSC(C)CC(=O)OCCCCOC(=O)CC(C)SCC(C)C(=O)OCCOC(=O)c1ccccc1C(=O)O. The van der Waals surface area contributed by atoms with E-state index < -0.39 is 29.2 Å². The number of thioether (sulfide) groups is 2. The highest BCUT2D eigenvalue weighted by Gasteiger charge is 2.29. The van der Waals surface area contributed by atoms with Gasteiger partial charge in [0.05, 0.1) is 55.6 Å². The molecule has 0 aliphatic rings. The van der Waals surface area contributed by atoms with E-state index in [1.165, 1.54) is 54.9 Å². The topological polar surface area (TPSA) is 169 Å². The quantitative estimate of drug-likeness (QED) is 0.100. The molecule has 258 valence electrons. The van der Waals surface area contributed by atoms with Crippen LogP contribution in [0.5, 0.6) is 0 Å². The molecule has 0 aliphatic heterocycles. The van der Waals surface area contributed by atoms with E-state index in [9.17, 15) is 33.9 Å². The zero-order chi connectivity index (χ0) is 34.7.